The van der Waals surface area contributed by atoms with Crippen molar-refractivity contribution in [3.8, 4) is 5.75 Å². The molecule has 1 atom stereocenters. The largest absolute Gasteiger partial charge is 0.497 e. The van der Waals surface area contributed by atoms with Crippen molar-refractivity contribution in [2.75, 3.05) is 13.7 Å². The number of methoxy groups -OCH3 is 1. The number of benzene rings is 2. The first-order valence-electron chi connectivity index (χ1n) is 7.54. The van der Waals surface area contributed by atoms with Crippen LogP contribution in [-0.2, 0) is 16.0 Å². The van der Waals surface area contributed by atoms with Crippen LogP contribution in [0.15, 0.2) is 54.6 Å². The number of ether oxygens (including phenoxy) is 2. The summed E-state index contributed by atoms with van der Waals surface area (Å²) in [4.78, 5) is 24.9. The maximum atomic E-state index is 12.7. The molecular weight excluding hydrogens is 292 g/mol. The first-order chi connectivity index (χ1) is 11.2. The summed E-state index contributed by atoms with van der Waals surface area (Å²) >= 11 is 0. The number of carbonyl (C=O) groups excluding carboxylic acids is 2. The van der Waals surface area contributed by atoms with Gasteiger partial charge in [-0.1, -0.05) is 30.3 Å². The Labute approximate surface area is 136 Å². The molecule has 0 saturated heterocycles. The van der Waals surface area contributed by atoms with Crippen LogP contribution < -0.4 is 4.74 Å². The Hall–Kier alpha value is -2.62. The first kappa shape index (κ1) is 16.7. The van der Waals surface area contributed by atoms with E-state index in [9.17, 15) is 9.59 Å². The molecule has 0 bridgehead atoms. The maximum absolute atomic E-state index is 12.7. The maximum Gasteiger partial charge on any atom is 0.317 e. The molecule has 0 aliphatic heterocycles. The number of ketones is 1. The third-order valence-electron chi connectivity index (χ3n) is 3.54. The van der Waals surface area contributed by atoms with Crippen molar-refractivity contribution in [1.29, 1.82) is 0 Å². The third kappa shape index (κ3) is 4.42. The van der Waals surface area contributed by atoms with Crippen LogP contribution in [0.4, 0.5) is 0 Å². The van der Waals surface area contributed by atoms with Gasteiger partial charge in [0.25, 0.3) is 0 Å². The summed E-state index contributed by atoms with van der Waals surface area (Å²) in [5.74, 6) is -0.907. The highest BCUT2D eigenvalue weighted by molar-refractivity contribution is 6.08. The van der Waals surface area contributed by atoms with Gasteiger partial charge in [-0.25, -0.2) is 0 Å². The molecule has 2 aromatic carbocycles. The van der Waals surface area contributed by atoms with E-state index in [1.165, 1.54) is 0 Å². The lowest BCUT2D eigenvalue weighted by molar-refractivity contribution is -0.146. The minimum absolute atomic E-state index is 0.241. The van der Waals surface area contributed by atoms with Crippen LogP contribution >= 0.6 is 0 Å². The second kappa shape index (κ2) is 8.13. The molecule has 120 valence electrons. The van der Waals surface area contributed by atoms with E-state index >= 15 is 0 Å². The molecule has 4 nitrogen and oxygen atoms in total. The Bertz CT molecular complexity index is 647. The van der Waals surface area contributed by atoms with Gasteiger partial charge >= 0.3 is 5.97 Å². The Morgan fingerprint density at radius 1 is 1.00 bits per heavy atom. The van der Waals surface area contributed by atoms with Crippen LogP contribution in [0.2, 0.25) is 0 Å². The van der Waals surface area contributed by atoms with Crippen molar-refractivity contribution in [3.05, 3.63) is 65.7 Å². The standard InChI is InChI=1S/C19H20O4/c1-3-23-19(21)17(13-14-7-5-4-6-8-14)18(20)15-9-11-16(22-2)12-10-15/h4-12,17H,3,13H2,1-2H3. The van der Waals surface area contributed by atoms with E-state index in [1.807, 2.05) is 30.3 Å². The molecule has 0 amide bonds. The molecule has 0 radical (unpaired) electrons. The molecule has 0 aliphatic rings. The summed E-state index contributed by atoms with van der Waals surface area (Å²) in [5.41, 5.74) is 1.40. The van der Waals surface area contributed by atoms with E-state index in [2.05, 4.69) is 0 Å². The number of carbonyl (C=O) groups is 2. The normalized spacial score (nSPS) is 11.6. The molecule has 0 spiro atoms. The molecular formula is C19H20O4. The number of esters is 1. The zero-order valence-corrected chi connectivity index (χ0v) is 13.3. The fraction of sp³-hybridized carbons (Fsp3) is 0.263. The summed E-state index contributed by atoms with van der Waals surface area (Å²) in [7, 11) is 1.56. The lowest BCUT2D eigenvalue weighted by atomic mass is 9.91. The smallest absolute Gasteiger partial charge is 0.317 e. The van der Waals surface area contributed by atoms with E-state index in [0.717, 1.165) is 5.56 Å². The van der Waals surface area contributed by atoms with E-state index in [-0.39, 0.29) is 12.4 Å². The summed E-state index contributed by atoms with van der Waals surface area (Å²) in [6.45, 7) is 1.98. The van der Waals surface area contributed by atoms with E-state index in [1.54, 1.807) is 38.3 Å². The molecule has 2 aromatic rings. The zero-order chi connectivity index (χ0) is 16.7. The lowest BCUT2D eigenvalue weighted by Crippen LogP contribution is -2.28. The summed E-state index contributed by atoms with van der Waals surface area (Å²) in [5, 5.41) is 0. The zero-order valence-electron chi connectivity index (χ0n) is 13.3. The fourth-order valence-corrected chi connectivity index (χ4v) is 2.33. The van der Waals surface area contributed by atoms with Crippen LogP contribution in [0.3, 0.4) is 0 Å². The van der Waals surface area contributed by atoms with Crippen molar-refractivity contribution in [1.82, 2.24) is 0 Å². The van der Waals surface area contributed by atoms with Crippen molar-refractivity contribution >= 4 is 11.8 Å². The minimum atomic E-state index is -0.842. The molecule has 4 heteroatoms. The van der Waals surface area contributed by atoms with Crippen molar-refractivity contribution in [2.24, 2.45) is 5.92 Å². The quantitative estimate of drug-likeness (QED) is 0.447. The van der Waals surface area contributed by atoms with Crippen LogP contribution in [0, 0.1) is 5.92 Å². The van der Waals surface area contributed by atoms with E-state index in [0.29, 0.717) is 17.7 Å². The van der Waals surface area contributed by atoms with Gasteiger partial charge in [0.1, 0.15) is 11.7 Å². The van der Waals surface area contributed by atoms with Crippen LogP contribution in [0.5, 0.6) is 5.75 Å². The number of hydrogen-bond donors (Lipinski definition) is 0. The van der Waals surface area contributed by atoms with Gasteiger partial charge in [-0.2, -0.15) is 0 Å². The minimum Gasteiger partial charge on any atom is -0.497 e. The van der Waals surface area contributed by atoms with Gasteiger partial charge in [0.2, 0.25) is 0 Å². The number of Topliss-reactive ketones (excluding diaryl/α,β-unsaturated/α-hetero) is 1. The molecule has 0 aliphatic carbocycles. The van der Waals surface area contributed by atoms with Crippen molar-refractivity contribution in [2.45, 2.75) is 13.3 Å². The van der Waals surface area contributed by atoms with Gasteiger partial charge in [0.15, 0.2) is 5.78 Å². The summed E-state index contributed by atoms with van der Waals surface area (Å²) in [6, 6.07) is 16.2. The number of rotatable bonds is 7. The van der Waals surface area contributed by atoms with E-state index < -0.39 is 11.9 Å². The highest BCUT2D eigenvalue weighted by Crippen LogP contribution is 2.19. The Kier molecular flexibility index (Phi) is 5.92. The monoisotopic (exact) mass is 312 g/mol. The predicted octanol–water partition coefficient (Wildman–Crippen LogP) is 3.30. The Balaban J connectivity index is 2.24. The van der Waals surface area contributed by atoms with Crippen molar-refractivity contribution in [3.63, 3.8) is 0 Å². The second-order valence-electron chi connectivity index (χ2n) is 5.09. The average molecular weight is 312 g/mol. The first-order valence-corrected chi connectivity index (χ1v) is 7.54. The molecule has 0 aromatic heterocycles. The SMILES string of the molecule is CCOC(=O)C(Cc1ccccc1)C(=O)c1ccc(OC)cc1. The van der Waals surface area contributed by atoms with Crippen molar-refractivity contribution < 1.29 is 19.1 Å². The molecule has 0 fully saturated rings. The summed E-state index contributed by atoms with van der Waals surface area (Å²) in [6.07, 6.45) is 0.324. The molecule has 0 heterocycles. The fourth-order valence-electron chi connectivity index (χ4n) is 2.33. The van der Waals surface area contributed by atoms with Crippen LogP contribution in [0.1, 0.15) is 22.8 Å². The van der Waals surface area contributed by atoms with Gasteiger partial charge < -0.3 is 9.47 Å². The predicted molar refractivity (Wildman–Crippen MR) is 87.6 cm³/mol. The van der Waals surface area contributed by atoms with Gasteiger partial charge in [-0.15, -0.1) is 0 Å². The highest BCUT2D eigenvalue weighted by Gasteiger charge is 2.29. The van der Waals surface area contributed by atoms with Gasteiger partial charge in [0, 0.05) is 5.56 Å². The van der Waals surface area contributed by atoms with Crippen LogP contribution in [0.25, 0.3) is 0 Å². The lowest BCUT2D eigenvalue weighted by Gasteiger charge is -2.15. The molecule has 0 N–H and O–H groups in total. The van der Waals surface area contributed by atoms with Gasteiger partial charge in [0.05, 0.1) is 13.7 Å². The molecule has 23 heavy (non-hydrogen) atoms. The molecule has 2 rings (SSSR count). The molecule has 0 saturated carbocycles. The Morgan fingerprint density at radius 2 is 1.65 bits per heavy atom. The summed E-state index contributed by atoms with van der Waals surface area (Å²) < 4.78 is 10.2. The van der Waals surface area contributed by atoms with Gasteiger partial charge in [-0.05, 0) is 43.2 Å². The number of hydrogen-bond acceptors (Lipinski definition) is 4. The van der Waals surface area contributed by atoms with E-state index in [4.69, 9.17) is 9.47 Å². The highest BCUT2D eigenvalue weighted by atomic mass is 16.5. The molecule has 1 unspecified atom stereocenters. The third-order valence-corrected chi connectivity index (χ3v) is 3.54. The Morgan fingerprint density at radius 3 is 2.22 bits per heavy atom. The average Bonchev–Trinajstić information content (AvgIpc) is 2.60. The van der Waals surface area contributed by atoms with Crippen LogP contribution in [-0.4, -0.2) is 25.5 Å². The topological polar surface area (TPSA) is 52.6 Å². The van der Waals surface area contributed by atoms with Gasteiger partial charge in [-0.3, -0.25) is 9.59 Å². The second-order valence-corrected chi connectivity index (χ2v) is 5.09.